The summed E-state index contributed by atoms with van der Waals surface area (Å²) in [6.07, 6.45) is 1.39. The maximum atomic E-state index is 12.9. The number of para-hydroxylation sites is 1. The van der Waals surface area contributed by atoms with Gasteiger partial charge in [0.1, 0.15) is 11.4 Å². The number of thioether (sulfide) groups is 1. The van der Waals surface area contributed by atoms with E-state index in [1.807, 2.05) is 55.6 Å². The van der Waals surface area contributed by atoms with Crippen molar-refractivity contribution in [3.05, 3.63) is 63.1 Å². The topological polar surface area (TPSA) is 66.3 Å². The molecule has 0 radical (unpaired) electrons. The van der Waals surface area contributed by atoms with Crippen LogP contribution in [0.3, 0.4) is 0 Å². The third-order valence-corrected chi connectivity index (χ3v) is 5.32. The van der Waals surface area contributed by atoms with Gasteiger partial charge in [0.15, 0.2) is 11.3 Å². The van der Waals surface area contributed by atoms with Crippen LogP contribution >= 0.6 is 27.7 Å². The Hall–Kier alpha value is -2.32. The van der Waals surface area contributed by atoms with Crippen molar-refractivity contribution in [2.24, 2.45) is 10.1 Å². The maximum Gasteiger partial charge on any atom is 0.276 e. The Bertz CT molecular complexity index is 1070. The summed E-state index contributed by atoms with van der Waals surface area (Å²) in [5, 5.41) is 11.2. The number of benzene rings is 2. The van der Waals surface area contributed by atoms with E-state index in [4.69, 9.17) is 9.73 Å². The van der Waals surface area contributed by atoms with E-state index in [1.165, 1.54) is 11.8 Å². The van der Waals surface area contributed by atoms with Crippen molar-refractivity contribution in [2.75, 3.05) is 12.9 Å². The molecule has 1 N–H and O–H groups in total. The fraction of sp³-hybridized carbons (Fsp3) is 0.211. The number of hydrogen-bond acceptors (Lipinski definition) is 6. The van der Waals surface area contributed by atoms with Gasteiger partial charge in [-0.05, 0) is 37.4 Å². The second-order valence-electron chi connectivity index (χ2n) is 5.89. The molecule has 0 aromatic heterocycles. The molecule has 138 valence electrons. The Morgan fingerprint density at radius 3 is 2.89 bits per heavy atom. The number of hydrogen-bond donors (Lipinski definition) is 1. The molecule has 6 nitrogen and oxygen atoms in total. The number of halogens is 1. The van der Waals surface area contributed by atoms with Crippen LogP contribution in [0.2, 0.25) is 0 Å². The van der Waals surface area contributed by atoms with Crippen molar-refractivity contribution < 1.29 is 9.53 Å². The van der Waals surface area contributed by atoms with Crippen LogP contribution in [0.1, 0.15) is 18.7 Å². The van der Waals surface area contributed by atoms with Gasteiger partial charge < -0.3 is 4.74 Å². The highest BCUT2D eigenvalue weighted by Gasteiger charge is 2.35. The number of nitrogens with one attached hydrogen (secondary N) is 1. The highest BCUT2D eigenvalue weighted by atomic mass is 79.9. The van der Waals surface area contributed by atoms with Gasteiger partial charge in [0.25, 0.3) is 5.91 Å². The summed E-state index contributed by atoms with van der Waals surface area (Å²) in [7, 11) is 0. The maximum absolute atomic E-state index is 12.9. The lowest BCUT2D eigenvalue weighted by atomic mass is 10.1. The van der Waals surface area contributed by atoms with Crippen LogP contribution in [0.5, 0.6) is 5.75 Å². The molecular weight excluding hydrogens is 428 g/mol. The van der Waals surface area contributed by atoms with Crippen molar-refractivity contribution in [1.82, 2.24) is 10.3 Å². The summed E-state index contributed by atoms with van der Waals surface area (Å²) in [5.41, 5.74) is 1.35. The SMILES string of the molecule is CCOc1ccccc1[C@H]1N=c2ccc(Br)cc2=C2C(=O)NC(SC)=NN21. The number of rotatable bonds is 3. The molecular formula is C19H17BrN4O2S. The van der Waals surface area contributed by atoms with Gasteiger partial charge in [-0.2, -0.15) is 0 Å². The first-order valence-corrected chi connectivity index (χ1v) is 10.5. The Labute approximate surface area is 169 Å². The second-order valence-corrected chi connectivity index (χ2v) is 7.60. The minimum Gasteiger partial charge on any atom is -0.493 e. The fourth-order valence-corrected chi connectivity index (χ4v) is 3.85. The number of hydrazone groups is 1. The number of carbonyl (C=O) groups excluding carboxylic acids is 1. The van der Waals surface area contributed by atoms with E-state index in [9.17, 15) is 4.79 Å². The van der Waals surface area contributed by atoms with Gasteiger partial charge in [-0.3, -0.25) is 15.1 Å². The smallest absolute Gasteiger partial charge is 0.276 e. The Kier molecular flexibility index (Phi) is 4.92. The molecule has 2 aliphatic rings. The molecule has 0 unspecified atom stereocenters. The van der Waals surface area contributed by atoms with Gasteiger partial charge >= 0.3 is 0 Å². The van der Waals surface area contributed by atoms with Crippen LogP contribution in [-0.4, -0.2) is 28.9 Å². The predicted molar refractivity (Wildman–Crippen MR) is 110 cm³/mol. The Morgan fingerprint density at radius 1 is 1.30 bits per heavy atom. The lowest BCUT2D eigenvalue weighted by Crippen LogP contribution is -2.50. The molecule has 0 aliphatic carbocycles. The largest absolute Gasteiger partial charge is 0.493 e. The first-order chi connectivity index (χ1) is 13.1. The van der Waals surface area contributed by atoms with Crippen molar-refractivity contribution in [2.45, 2.75) is 13.1 Å². The average molecular weight is 445 g/mol. The number of carbonyl (C=O) groups is 1. The first kappa shape index (κ1) is 18.1. The van der Waals surface area contributed by atoms with E-state index in [1.54, 1.807) is 5.01 Å². The summed E-state index contributed by atoms with van der Waals surface area (Å²) in [4.78, 5) is 17.8. The third kappa shape index (κ3) is 3.23. The van der Waals surface area contributed by atoms with Crippen LogP contribution in [-0.2, 0) is 4.79 Å². The van der Waals surface area contributed by atoms with E-state index >= 15 is 0 Å². The molecule has 8 heteroatoms. The normalized spacial score (nSPS) is 18.1. The molecule has 1 amide bonds. The lowest BCUT2D eigenvalue weighted by molar-refractivity contribution is -0.116. The lowest BCUT2D eigenvalue weighted by Gasteiger charge is -2.34. The summed E-state index contributed by atoms with van der Waals surface area (Å²) < 4.78 is 6.68. The van der Waals surface area contributed by atoms with E-state index in [-0.39, 0.29) is 5.91 Å². The number of amides is 1. The second kappa shape index (κ2) is 7.36. The predicted octanol–water partition coefficient (Wildman–Crippen LogP) is 2.35. The molecule has 0 bridgehead atoms. The van der Waals surface area contributed by atoms with Gasteiger partial charge in [-0.1, -0.05) is 45.9 Å². The highest BCUT2D eigenvalue weighted by Crippen LogP contribution is 2.35. The fourth-order valence-electron chi connectivity index (χ4n) is 3.13. The van der Waals surface area contributed by atoms with Crippen molar-refractivity contribution in [1.29, 1.82) is 0 Å². The number of amidine groups is 1. The molecule has 2 aliphatic heterocycles. The van der Waals surface area contributed by atoms with Crippen LogP contribution in [0.25, 0.3) is 5.70 Å². The molecule has 1 atom stereocenters. The molecule has 0 saturated carbocycles. The molecule has 0 fully saturated rings. The Balaban J connectivity index is 1.99. The van der Waals surface area contributed by atoms with Gasteiger partial charge in [-0.15, -0.1) is 5.10 Å². The van der Waals surface area contributed by atoms with Gasteiger partial charge in [0.2, 0.25) is 0 Å². The molecule has 2 aromatic rings. The van der Waals surface area contributed by atoms with Gasteiger partial charge in [0, 0.05) is 15.3 Å². The zero-order chi connectivity index (χ0) is 19.0. The van der Waals surface area contributed by atoms with Gasteiger partial charge in [-0.25, -0.2) is 5.01 Å². The molecule has 0 saturated heterocycles. The molecule has 27 heavy (non-hydrogen) atoms. The average Bonchev–Trinajstić information content (AvgIpc) is 2.67. The van der Waals surface area contributed by atoms with Crippen LogP contribution in [0.4, 0.5) is 0 Å². The summed E-state index contributed by atoms with van der Waals surface area (Å²) in [6.45, 7) is 2.49. The van der Waals surface area contributed by atoms with Crippen molar-refractivity contribution in [3.8, 4) is 5.75 Å². The minimum atomic E-state index is -0.482. The monoisotopic (exact) mass is 444 g/mol. The standard InChI is InChI=1S/C19H17BrN4O2S/c1-3-26-15-7-5-4-6-12(15)17-21-14-9-8-11(20)10-13(14)16-18(25)22-19(27-2)23-24(16)17/h4-10,17H,3H2,1-2H3,(H,22,23,25)/t17-/m0/s1. The number of fused-ring (bicyclic) bond motifs is 2. The number of ether oxygens (including phenoxy) is 1. The highest BCUT2D eigenvalue weighted by molar-refractivity contribution is 9.10. The first-order valence-electron chi connectivity index (χ1n) is 8.45. The zero-order valence-electron chi connectivity index (χ0n) is 14.8. The third-order valence-electron chi connectivity index (χ3n) is 4.26. The molecule has 2 heterocycles. The number of nitrogens with zero attached hydrogens (tertiary/aromatic N) is 3. The summed E-state index contributed by atoms with van der Waals surface area (Å²) >= 11 is 4.86. The minimum absolute atomic E-state index is 0.192. The Morgan fingerprint density at radius 2 is 2.11 bits per heavy atom. The van der Waals surface area contributed by atoms with Crippen LogP contribution in [0.15, 0.2) is 57.0 Å². The summed E-state index contributed by atoms with van der Waals surface area (Å²) in [5.74, 6) is 0.544. The molecule has 4 rings (SSSR count). The summed E-state index contributed by atoms with van der Waals surface area (Å²) in [6, 6.07) is 13.4. The van der Waals surface area contributed by atoms with Gasteiger partial charge in [0.05, 0.1) is 12.0 Å². The van der Waals surface area contributed by atoms with Crippen LogP contribution in [0, 0.1) is 0 Å². The van der Waals surface area contributed by atoms with E-state index in [0.717, 1.165) is 26.4 Å². The quantitative estimate of drug-likeness (QED) is 0.788. The van der Waals surface area contributed by atoms with Crippen molar-refractivity contribution in [3.63, 3.8) is 0 Å². The van der Waals surface area contributed by atoms with E-state index in [0.29, 0.717) is 17.5 Å². The zero-order valence-corrected chi connectivity index (χ0v) is 17.2. The molecule has 0 spiro atoms. The van der Waals surface area contributed by atoms with Crippen molar-refractivity contribution >= 4 is 44.5 Å². The van der Waals surface area contributed by atoms with E-state index in [2.05, 4.69) is 26.3 Å². The molecule has 2 aromatic carbocycles. The van der Waals surface area contributed by atoms with Crippen LogP contribution < -0.4 is 20.6 Å². The van der Waals surface area contributed by atoms with E-state index < -0.39 is 6.17 Å².